The van der Waals surface area contributed by atoms with Crippen LogP contribution >= 0.6 is 0 Å². The predicted molar refractivity (Wildman–Crippen MR) is 73.1 cm³/mol. The zero-order chi connectivity index (χ0) is 14.5. The average molecular weight is 281 g/mol. The Balaban J connectivity index is 1.80. The van der Waals surface area contributed by atoms with Crippen LogP contribution in [0.15, 0.2) is 11.6 Å². The normalized spacial score (nSPS) is 46.4. The maximum absolute atomic E-state index is 12.1. The van der Waals surface area contributed by atoms with E-state index < -0.39 is 11.8 Å². The van der Waals surface area contributed by atoms with Crippen LogP contribution in [0.5, 0.6) is 0 Å². The Kier molecular flexibility index (Phi) is 3.29. The van der Waals surface area contributed by atoms with Crippen LogP contribution in [0.2, 0.25) is 0 Å². The zero-order valence-electron chi connectivity index (χ0n) is 12.3. The minimum absolute atomic E-state index is 0.0491. The van der Waals surface area contributed by atoms with Crippen LogP contribution in [0.3, 0.4) is 0 Å². The van der Waals surface area contributed by atoms with Crippen molar-refractivity contribution in [2.24, 2.45) is 11.7 Å². The fourth-order valence-electron chi connectivity index (χ4n) is 3.49. The highest BCUT2D eigenvalue weighted by Gasteiger charge is 2.72. The molecule has 2 heterocycles. The van der Waals surface area contributed by atoms with Crippen LogP contribution in [0.1, 0.15) is 33.1 Å². The van der Waals surface area contributed by atoms with E-state index in [9.17, 15) is 4.79 Å². The van der Waals surface area contributed by atoms with E-state index in [1.54, 1.807) is 7.11 Å². The number of carbonyl (C=O) groups is 1. The van der Waals surface area contributed by atoms with Crippen molar-refractivity contribution in [1.29, 1.82) is 0 Å². The molecule has 2 aliphatic heterocycles. The Labute approximate surface area is 119 Å². The second kappa shape index (κ2) is 4.63. The van der Waals surface area contributed by atoms with Crippen LogP contribution in [-0.4, -0.2) is 43.0 Å². The number of Topliss-reactive ketones (excluding diaryl/α,β-unsaturated/α-hetero) is 1. The number of allylic oxidation sites excluding steroid dienone is 1. The number of carbonyl (C=O) groups excluding carboxylic acids is 1. The van der Waals surface area contributed by atoms with Crippen molar-refractivity contribution < 1.29 is 19.0 Å². The third kappa shape index (κ3) is 2.13. The van der Waals surface area contributed by atoms with Crippen LogP contribution in [0, 0.1) is 5.92 Å². The van der Waals surface area contributed by atoms with Crippen LogP contribution in [-0.2, 0) is 19.0 Å². The highest BCUT2D eigenvalue weighted by atomic mass is 16.6. The van der Waals surface area contributed by atoms with E-state index in [4.69, 9.17) is 19.9 Å². The summed E-state index contributed by atoms with van der Waals surface area (Å²) in [4.78, 5) is 12.1. The lowest BCUT2D eigenvalue weighted by molar-refractivity contribution is -0.142. The standard InChI is InChI=1S/C15H23NO4/c1-9(2)4-5-11-15(16,20-11)13-12(18-3)10(17)6-7-14(13)8-19-14/h4,11-13H,5-8,16H2,1-3H3. The van der Waals surface area contributed by atoms with Gasteiger partial charge in [-0.2, -0.15) is 0 Å². The Morgan fingerprint density at radius 2 is 2.25 bits per heavy atom. The van der Waals surface area contributed by atoms with E-state index in [0.717, 1.165) is 12.8 Å². The fraction of sp³-hybridized carbons (Fsp3) is 0.800. The van der Waals surface area contributed by atoms with Gasteiger partial charge in [-0.3, -0.25) is 4.79 Å². The van der Waals surface area contributed by atoms with Crippen LogP contribution in [0.25, 0.3) is 0 Å². The summed E-state index contributed by atoms with van der Waals surface area (Å²) in [6.07, 6.45) is 3.57. The van der Waals surface area contributed by atoms with Gasteiger partial charge in [0.15, 0.2) is 11.5 Å². The van der Waals surface area contributed by atoms with Crippen molar-refractivity contribution in [2.75, 3.05) is 13.7 Å². The number of hydrogen-bond acceptors (Lipinski definition) is 5. The van der Waals surface area contributed by atoms with E-state index in [1.807, 2.05) is 13.8 Å². The summed E-state index contributed by atoms with van der Waals surface area (Å²) in [5, 5.41) is 0. The van der Waals surface area contributed by atoms with Crippen molar-refractivity contribution in [3.05, 3.63) is 11.6 Å². The van der Waals surface area contributed by atoms with Gasteiger partial charge in [0.1, 0.15) is 17.8 Å². The quantitative estimate of drug-likeness (QED) is 0.618. The summed E-state index contributed by atoms with van der Waals surface area (Å²) in [7, 11) is 1.56. The lowest BCUT2D eigenvalue weighted by Gasteiger charge is -2.37. The summed E-state index contributed by atoms with van der Waals surface area (Å²) >= 11 is 0. The van der Waals surface area contributed by atoms with Gasteiger partial charge in [-0.25, -0.2) is 0 Å². The Bertz CT molecular complexity index is 453. The van der Waals surface area contributed by atoms with Crippen LogP contribution in [0.4, 0.5) is 0 Å². The van der Waals surface area contributed by atoms with Crippen LogP contribution < -0.4 is 5.73 Å². The maximum atomic E-state index is 12.1. The molecule has 1 aliphatic carbocycles. The third-order valence-corrected chi connectivity index (χ3v) is 4.77. The maximum Gasteiger partial charge on any atom is 0.162 e. The summed E-state index contributed by atoms with van der Waals surface area (Å²) in [5.41, 5.74) is 6.58. The average Bonchev–Trinajstić information content (AvgIpc) is 3.29. The second-order valence-corrected chi connectivity index (χ2v) is 6.43. The molecule has 1 spiro atoms. The van der Waals surface area contributed by atoms with Gasteiger partial charge in [0.25, 0.3) is 0 Å². The number of hydrogen-bond donors (Lipinski definition) is 1. The molecule has 3 rings (SSSR count). The van der Waals surface area contributed by atoms with Crippen molar-refractivity contribution in [3.8, 4) is 0 Å². The number of epoxide rings is 2. The van der Waals surface area contributed by atoms with Crippen molar-refractivity contribution in [2.45, 2.75) is 56.6 Å². The highest BCUT2D eigenvalue weighted by molar-refractivity contribution is 5.85. The van der Waals surface area contributed by atoms with Gasteiger partial charge in [0.2, 0.25) is 0 Å². The molecule has 5 heteroatoms. The molecule has 0 amide bonds. The molecule has 3 aliphatic rings. The second-order valence-electron chi connectivity index (χ2n) is 6.43. The number of ketones is 1. The SMILES string of the molecule is COC1C(=O)CCC2(CO2)C1C1(N)OC1CC=C(C)C. The first kappa shape index (κ1) is 14.2. The summed E-state index contributed by atoms with van der Waals surface area (Å²) in [5.74, 6) is -0.0864. The Hall–Kier alpha value is -0.750. The van der Waals surface area contributed by atoms with Gasteiger partial charge in [0.05, 0.1) is 12.5 Å². The first-order valence-electron chi connectivity index (χ1n) is 7.22. The smallest absolute Gasteiger partial charge is 0.162 e. The minimum Gasteiger partial charge on any atom is -0.373 e. The number of rotatable bonds is 4. The summed E-state index contributed by atoms with van der Waals surface area (Å²) in [6.45, 7) is 4.75. The first-order valence-corrected chi connectivity index (χ1v) is 7.22. The topological polar surface area (TPSA) is 77.4 Å². The van der Waals surface area contributed by atoms with E-state index in [1.165, 1.54) is 5.57 Å². The molecule has 2 saturated heterocycles. The van der Waals surface area contributed by atoms with Gasteiger partial charge in [-0.1, -0.05) is 11.6 Å². The van der Waals surface area contributed by atoms with E-state index >= 15 is 0 Å². The van der Waals surface area contributed by atoms with Gasteiger partial charge in [-0.05, 0) is 26.7 Å². The molecule has 5 unspecified atom stereocenters. The summed E-state index contributed by atoms with van der Waals surface area (Å²) in [6, 6.07) is 0. The number of methoxy groups -OCH3 is 1. The molecule has 5 nitrogen and oxygen atoms in total. The fourth-order valence-corrected chi connectivity index (χ4v) is 3.49. The lowest BCUT2D eigenvalue weighted by atomic mass is 9.71. The molecule has 112 valence electrons. The number of nitrogens with two attached hydrogens (primary N) is 1. The molecule has 5 atom stereocenters. The molecular formula is C15H23NO4. The largest absolute Gasteiger partial charge is 0.373 e. The predicted octanol–water partition coefficient (Wildman–Crippen LogP) is 1.16. The van der Waals surface area contributed by atoms with Crippen molar-refractivity contribution in [3.63, 3.8) is 0 Å². The van der Waals surface area contributed by atoms with E-state index in [0.29, 0.717) is 13.0 Å². The zero-order valence-corrected chi connectivity index (χ0v) is 12.3. The molecule has 0 bridgehead atoms. The van der Waals surface area contributed by atoms with Gasteiger partial charge in [0, 0.05) is 13.5 Å². The Morgan fingerprint density at radius 1 is 1.55 bits per heavy atom. The number of ether oxygens (including phenoxy) is 3. The molecule has 3 fully saturated rings. The molecule has 0 aromatic rings. The molecule has 0 aromatic carbocycles. The molecule has 1 saturated carbocycles. The third-order valence-electron chi connectivity index (χ3n) is 4.77. The molecule has 0 aromatic heterocycles. The van der Waals surface area contributed by atoms with Crippen molar-refractivity contribution in [1.82, 2.24) is 0 Å². The minimum atomic E-state index is -0.792. The van der Waals surface area contributed by atoms with E-state index in [-0.39, 0.29) is 23.4 Å². The van der Waals surface area contributed by atoms with Crippen molar-refractivity contribution >= 4 is 5.78 Å². The van der Waals surface area contributed by atoms with Gasteiger partial charge < -0.3 is 19.9 Å². The Morgan fingerprint density at radius 3 is 2.80 bits per heavy atom. The molecule has 0 radical (unpaired) electrons. The van der Waals surface area contributed by atoms with Gasteiger partial charge in [-0.15, -0.1) is 0 Å². The monoisotopic (exact) mass is 281 g/mol. The molecular weight excluding hydrogens is 258 g/mol. The first-order chi connectivity index (χ1) is 9.43. The highest BCUT2D eigenvalue weighted by Crippen LogP contribution is 2.56. The molecule has 20 heavy (non-hydrogen) atoms. The van der Waals surface area contributed by atoms with Gasteiger partial charge >= 0.3 is 0 Å². The lowest BCUT2D eigenvalue weighted by Crippen LogP contribution is -2.57. The van der Waals surface area contributed by atoms with E-state index in [2.05, 4.69) is 6.08 Å². The summed E-state index contributed by atoms with van der Waals surface area (Å²) < 4.78 is 16.9. The molecule has 2 N–H and O–H groups in total.